The molecule has 5 heteroatoms. The standard InChI is InChI=1S/C19H26ClN3O/c1-14(2)18-17(12-22-9-8-16(10-22)13-24)19(20)23(21-18)11-15-6-4-3-5-7-15/h3-7,14,16,24H,8-13H2,1-2H3. The van der Waals surface area contributed by atoms with Gasteiger partial charge in [-0.3, -0.25) is 4.90 Å². The lowest BCUT2D eigenvalue weighted by Gasteiger charge is -2.16. The number of aliphatic hydroxyl groups is 1. The fraction of sp³-hybridized carbons (Fsp3) is 0.526. The van der Waals surface area contributed by atoms with Crippen LogP contribution in [0.25, 0.3) is 0 Å². The van der Waals surface area contributed by atoms with Gasteiger partial charge in [-0.15, -0.1) is 0 Å². The summed E-state index contributed by atoms with van der Waals surface area (Å²) in [7, 11) is 0. The Labute approximate surface area is 149 Å². The molecule has 1 N–H and O–H groups in total. The Bertz CT molecular complexity index is 669. The molecule has 0 aliphatic carbocycles. The molecule has 24 heavy (non-hydrogen) atoms. The van der Waals surface area contributed by atoms with Crippen molar-refractivity contribution < 1.29 is 5.11 Å². The summed E-state index contributed by atoms with van der Waals surface area (Å²) in [6, 6.07) is 10.3. The molecule has 2 heterocycles. The minimum atomic E-state index is 0.272. The molecule has 1 aliphatic rings. The molecule has 0 radical (unpaired) electrons. The minimum Gasteiger partial charge on any atom is -0.396 e. The third-order valence-electron chi connectivity index (χ3n) is 4.75. The molecule has 4 nitrogen and oxygen atoms in total. The number of rotatable bonds is 6. The van der Waals surface area contributed by atoms with E-state index >= 15 is 0 Å². The van der Waals surface area contributed by atoms with E-state index in [9.17, 15) is 5.11 Å². The first-order chi connectivity index (χ1) is 11.6. The third-order valence-corrected chi connectivity index (χ3v) is 5.17. The number of benzene rings is 1. The largest absolute Gasteiger partial charge is 0.396 e. The summed E-state index contributed by atoms with van der Waals surface area (Å²) in [4.78, 5) is 2.38. The van der Waals surface area contributed by atoms with Gasteiger partial charge in [0.1, 0.15) is 5.15 Å². The van der Waals surface area contributed by atoms with E-state index in [-0.39, 0.29) is 6.61 Å². The molecule has 1 saturated heterocycles. The van der Waals surface area contributed by atoms with Crippen LogP contribution >= 0.6 is 11.6 Å². The monoisotopic (exact) mass is 347 g/mol. The van der Waals surface area contributed by atoms with Crippen LogP contribution in [0.5, 0.6) is 0 Å². The summed E-state index contributed by atoms with van der Waals surface area (Å²) in [5, 5.41) is 14.9. The van der Waals surface area contributed by atoms with Crippen LogP contribution in [-0.4, -0.2) is 39.5 Å². The summed E-state index contributed by atoms with van der Waals surface area (Å²) in [5.41, 5.74) is 3.43. The van der Waals surface area contributed by atoms with Gasteiger partial charge in [-0.2, -0.15) is 5.10 Å². The van der Waals surface area contributed by atoms with Crippen molar-refractivity contribution in [1.29, 1.82) is 0 Å². The van der Waals surface area contributed by atoms with Gasteiger partial charge in [0.15, 0.2) is 0 Å². The predicted molar refractivity (Wildman–Crippen MR) is 97.3 cm³/mol. The van der Waals surface area contributed by atoms with Crippen LogP contribution in [0.4, 0.5) is 0 Å². The van der Waals surface area contributed by atoms with Crippen molar-refractivity contribution in [1.82, 2.24) is 14.7 Å². The minimum absolute atomic E-state index is 0.272. The normalized spacial score (nSPS) is 18.6. The van der Waals surface area contributed by atoms with E-state index in [0.29, 0.717) is 18.4 Å². The van der Waals surface area contributed by atoms with Gasteiger partial charge in [0.25, 0.3) is 0 Å². The van der Waals surface area contributed by atoms with Crippen LogP contribution in [0.15, 0.2) is 30.3 Å². The van der Waals surface area contributed by atoms with E-state index in [4.69, 9.17) is 16.7 Å². The smallest absolute Gasteiger partial charge is 0.132 e. The number of halogens is 1. The second-order valence-corrected chi connectivity index (χ2v) is 7.38. The van der Waals surface area contributed by atoms with Gasteiger partial charge >= 0.3 is 0 Å². The first kappa shape index (κ1) is 17.5. The average molecular weight is 348 g/mol. The Balaban J connectivity index is 1.82. The lowest BCUT2D eigenvalue weighted by molar-refractivity contribution is 0.220. The molecule has 0 spiro atoms. The highest BCUT2D eigenvalue weighted by molar-refractivity contribution is 6.30. The van der Waals surface area contributed by atoms with Crippen molar-refractivity contribution in [3.05, 3.63) is 52.3 Å². The Morgan fingerprint density at radius 1 is 1.25 bits per heavy atom. The molecule has 130 valence electrons. The van der Waals surface area contributed by atoms with Crippen molar-refractivity contribution in [2.45, 2.75) is 39.3 Å². The second-order valence-electron chi connectivity index (χ2n) is 7.02. The number of aromatic nitrogens is 2. The zero-order chi connectivity index (χ0) is 17.1. The fourth-order valence-electron chi connectivity index (χ4n) is 3.40. The number of aliphatic hydroxyl groups excluding tert-OH is 1. The van der Waals surface area contributed by atoms with Crippen molar-refractivity contribution in [2.75, 3.05) is 19.7 Å². The molecule has 1 aliphatic heterocycles. The maximum atomic E-state index is 9.35. The van der Waals surface area contributed by atoms with Crippen molar-refractivity contribution in [2.24, 2.45) is 5.92 Å². The summed E-state index contributed by atoms with van der Waals surface area (Å²) in [5.74, 6) is 0.733. The van der Waals surface area contributed by atoms with E-state index < -0.39 is 0 Å². The molecular weight excluding hydrogens is 322 g/mol. The van der Waals surface area contributed by atoms with Gasteiger partial charge in [-0.05, 0) is 30.4 Å². The van der Waals surface area contributed by atoms with Crippen LogP contribution in [-0.2, 0) is 13.1 Å². The number of hydrogen-bond donors (Lipinski definition) is 1. The first-order valence-electron chi connectivity index (χ1n) is 8.70. The lowest BCUT2D eigenvalue weighted by atomic mass is 10.1. The molecule has 0 bridgehead atoms. The van der Waals surface area contributed by atoms with Crippen LogP contribution in [0.1, 0.15) is 43.0 Å². The highest BCUT2D eigenvalue weighted by Crippen LogP contribution is 2.29. The fourth-order valence-corrected chi connectivity index (χ4v) is 3.65. The van der Waals surface area contributed by atoms with Crippen molar-refractivity contribution in [3.8, 4) is 0 Å². The second kappa shape index (κ2) is 7.68. The van der Waals surface area contributed by atoms with Crippen molar-refractivity contribution >= 4 is 11.6 Å². The molecule has 1 aromatic heterocycles. The zero-order valence-corrected chi connectivity index (χ0v) is 15.2. The molecule has 1 fully saturated rings. The molecule has 1 atom stereocenters. The van der Waals surface area contributed by atoms with Gasteiger partial charge in [0.2, 0.25) is 0 Å². The van der Waals surface area contributed by atoms with E-state index in [1.54, 1.807) is 0 Å². The van der Waals surface area contributed by atoms with Gasteiger partial charge in [0.05, 0.1) is 12.2 Å². The molecule has 1 aromatic carbocycles. The number of likely N-dealkylation sites (tertiary alicyclic amines) is 1. The molecule has 1 unspecified atom stereocenters. The van der Waals surface area contributed by atoms with E-state index in [0.717, 1.165) is 42.5 Å². The van der Waals surface area contributed by atoms with E-state index in [2.05, 4.69) is 30.9 Å². The van der Waals surface area contributed by atoms with Gasteiger partial charge in [-0.1, -0.05) is 55.8 Å². The van der Waals surface area contributed by atoms with Gasteiger partial charge < -0.3 is 5.11 Å². The molecule has 3 rings (SSSR count). The van der Waals surface area contributed by atoms with Crippen LogP contribution < -0.4 is 0 Å². The summed E-state index contributed by atoms with van der Waals surface area (Å²) < 4.78 is 1.92. The van der Waals surface area contributed by atoms with Crippen LogP contribution in [0, 0.1) is 5.92 Å². The maximum absolute atomic E-state index is 9.35. The molecule has 2 aromatic rings. The van der Waals surface area contributed by atoms with E-state index in [1.807, 2.05) is 22.9 Å². The van der Waals surface area contributed by atoms with Gasteiger partial charge in [0, 0.05) is 25.3 Å². The maximum Gasteiger partial charge on any atom is 0.132 e. The van der Waals surface area contributed by atoms with Gasteiger partial charge in [-0.25, -0.2) is 4.68 Å². The topological polar surface area (TPSA) is 41.3 Å². The number of hydrogen-bond acceptors (Lipinski definition) is 3. The lowest BCUT2D eigenvalue weighted by Crippen LogP contribution is -2.21. The summed E-state index contributed by atoms with van der Waals surface area (Å²) >= 11 is 6.70. The van der Waals surface area contributed by atoms with E-state index in [1.165, 1.54) is 5.56 Å². The highest BCUT2D eigenvalue weighted by atomic mass is 35.5. The predicted octanol–water partition coefficient (Wildman–Crippen LogP) is 3.52. The quantitative estimate of drug-likeness (QED) is 0.869. The molecule has 0 amide bonds. The SMILES string of the molecule is CC(C)c1nn(Cc2ccccc2)c(Cl)c1CN1CCC(CO)C1. The average Bonchev–Trinajstić information content (AvgIpc) is 3.16. The first-order valence-corrected chi connectivity index (χ1v) is 9.08. The van der Waals surface area contributed by atoms with Crippen LogP contribution in [0.3, 0.4) is 0 Å². The van der Waals surface area contributed by atoms with Crippen molar-refractivity contribution in [3.63, 3.8) is 0 Å². The number of nitrogens with zero attached hydrogens (tertiary/aromatic N) is 3. The summed E-state index contributed by atoms with van der Waals surface area (Å²) in [6.07, 6.45) is 1.06. The Hall–Kier alpha value is -1.36. The summed E-state index contributed by atoms with van der Waals surface area (Å²) in [6.45, 7) is 8.06. The zero-order valence-electron chi connectivity index (χ0n) is 14.5. The molecule has 0 saturated carbocycles. The highest BCUT2D eigenvalue weighted by Gasteiger charge is 2.26. The Morgan fingerprint density at radius 2 is 2.00 bits per heavy atom. The third kappa shape index (κ3) is 3.82. The molecular formula is C19H26ClN3O. The Kier molecular flexibility index (Phi) is 5.59. The van der Waals surface area contributed by atoms with Crippen LogP contribution in [0.2, 0.25) is 5.15 Å². The Morgan fingerprint density at radius 3 is 2.62 bits per heavy atom.